The number of hydrogen-bond acceptors (Lipinski definition) is 4. The molecular formula is C13H19N3O2S. The summed E-state index contributed by atoms with van der Waals surface area (Å²) in [5.74, 6) is -0.310. The summed E-state index contributed by atoms with van der Waals surface area (Å²) in [6.07, 6.45) is -0.219. The van der Waals surface area contributed by atoms with Crippen LogP contribution in [0.1, 0.15) is 25.8 Å². The molecule has 104 valence electrons. The van der Waals surface area contributed by atoms with Gasteiger partial charge in [-0.25, -0.2) is 0 Å². The first-order valence-electron chi connectivity index (χ1n) is 6.06. The van der Waals surface area contributed by atoms with E-state index in [9.17, 15) is 9.59 Å². The number of rotatable bonds is 6. The van der Waals surface area contributed by atoms with Crippen LogP contribution in [0.5, 0.6) is 0 Å². The fourth-order valence-corrected chi connectivity index (χ4v) is 2.35. The third kappa shape index (κ3) is 4.48. The first-order valence-corrected chi connectivity index (χ1v) is 6.94. The maximum atomic E-state index is 12.0. The van der Waals surface area contributed by atoms with Crippen LogP contribution >= 0.6 is 11.3 Å². The third-order valence-corrected chi connectivity index (χ3v) is 3.41. The summed E-state index contributed by atoms with van der Waals surface area (Å²) in [7, 11) is 0. The molecule has 1 heterocycles. The van der Waals surface area contributed by atoms with Crippen molar-refractivity contribution < 1.29 is 9.59 Å². The molecule has 5 nitrogen and oxygen atoms in total. The van der Waals surface area contributed by atoms with Gasteiger partial charge in [0.2, 0.25) is 5.91 Å². The van der Waals surface area contributed by atoms with E-state index in [1.54, 1.807) is 0 Å². The van der Waals surface area contributed by atoms with Gasteiger partial charge in [0.1, 0.15) is 11.4 Å². The third-order valence-electron chi connectivity index (χ3n) is 2.42. The van der Waals surface area contributed by atoms with Crippen LogP contribution in [0.15, 0.2) is 16.5 Å². The molecule has 19 heavy (non-hydrogen) atoms. The average Bonchev–Trinajstić information content (AvgIpc) is 2.74. The zero-order valence-electron chi connectivity index (χ0n) is 11.5. The number of thiophene rings is 1. The van der Waals surface area contributed by atoms with Crippen LogP contribution in [0.3, 0.4) is 0 Å². The van der Waals surface area contributed by atoms with Gasteiger partial charge in [-0.1, -0.05) is 13.8 Å². The number of carbonyl (C=O) groups excluding carboxylic acids is 2. The van der Waals surface area contributed by atoms with Crippen molar-refractivity contribution in [1.82, 2.24) is 5.32 Å². The van der Waals surface area contributed by atoms with E-state index in [-0.39, 0.29) is 18.2 Å². The van der Waals surface area contributed by atoms with Crippen molar-refractivity contribution >= 4 is 34.9 Å². The van der Waals surface area contributed by atoms with E-state index in [1.807, 2.05) is 32.2 Å². The minimum Gasteiger partial charge on any atom is -0.355 e. The topological polar surface area (TPSA) is 61.8 Å². The molecule has 1 N–H and O–H groups in total. The Morgan fingerprint density at radius 1 is 1.53 bits per heavy atom. The molecule has 0 atom stereocenters. The smallest absolute Gasteiger partial charge is 0.257 e. The molecule has 1 aromatic heterocycles. The van der Waals surface area contributed by atoms with Gasteiger partial charge in [0.25, 0.3) is 5.91 Å². The van der Waals surface area contributed by atoms with E-state index >= 15 is 0 Å². The lowest BCUT2D eigenvalue weighted by atomic mass is 10.2. The number of nitrogens with zero attached hydrogens (tertiary/aromatic N) is 2. The van der Waals surface area contributed by atoms with Crippen LogP contribution in [0.2, 0.25) is 0 Å². The van der Waals surface area contributed by atoms with Crippen LogP contribution < -0.4 is 10.3 Å². The molecular weight excluding hydrogens is 262 g/mol. The molecule has 0 radical (unpaired) electrons. The Hall–Kier alpha value is -1.69. The normalized spacial score (nSPS) is 10.3. The molecule has 0 aliphatic rings. The number of carbonyl (C=O) groups is 2. The fraction of sp³-hybridized carbons (Fsp3) is 0.462. The van der Waals surface area contributed by atoms with Crippen molar-refractivity contribution in [2.75, 3.05) is 11.6 Å². The van der Waals surface area contributed by atoms with Crippen molar-refractivity contribution in [3.8, 4) is 0 Å². The van der Waals surface area contributed by atoms with Crippen LogP contribution in [0.25, 0.3) is 0 Å². The van der Waals surface area contributed by atoms with E-state index in [1.165, 1.54) is 16.3 Å². The Labute approximate surface area is 117 Å². The lowest BCUT2D eigenvalue weighted by Crippen LogP contribution is -2.34. The van der Waals surface area contributed by atoms with E-state index < -0.39 is 0 Å². The summed E-state index contributed by atoms with van der Waals surface area (Å²) in [6, 6.07) is 1.89. The highest BCUT2D eigenvalue weighted by Crippen LogP contribution is 2.27. The SMILES string of the molecule is C=NN(C(=O)CC(=O)NCC(C)C)c1sccc1C. The van der Waals surface area contributed by atoms with Gasteiger partial charge >= 0.3 is 0 Å². The van der Waals surface area contributed by atoms with E-state index in [2.05, 4.69) is 17.1 Å². The lowest BCUT2D eigenvalue weighted by molar-refractivity contribution is -0.128. The van der Waals surface area contributed by atoms with E-state index in [0.717, 1.165) is 5.56 Å². The second-order valence-corrected chi connectivity index (χ2v) is 5.52. The van der Waals surface area contributed by atoms with Crippen molar-refractivity contribution in [3.05, 3.63) is 17.0 Å². The maximum Gasteiger partial charge on any atom is 0.257 e. The highest BCUT2D eigenvalue weighted by molar-refractivity contribution is 7.14. The molecule has 0 saturated carbocycles. The highest BCUT2D eigenvalue weighted by atomic mass is 32.1. The Bertz CT molecular complexity index is 468. The minimum absolute atomic E-state index is 0.219. The summed E-state index contributed by atoms with van der Waals surface area (Å²) in [5, 5.41) is 10.2. The van der Waals surface area contributed by atoms with Crippen LogP contribution in [0, 0.1) is 12.8 Å². The zero-order valence-corrected chi connectivity index (χ0v) is 12.3. The molecule has 6 heteroatoms. The van der Waals surface area contributed by atoms with Gasteiger partial charge in [-0.15, -0.1) is 11.3 Å². The number of aryl methyl sites for hydroxylation is 1. The Morgan fingerprint density at radius 3 is 2.68 bits per heavy atom. The second-order valence-electron chi connectivity index (χ2n) is 4.63. The number of nitrogens with one attached hydrogen (secondary N) is 1. The summed E-state index contributed by atoms with van der Waals surface area (Å²) in [5.41, 5.74) is 0.938. The van der Waals surface area contributed by atoms with Gasteiger partial charge in [0, 0.05) is 13.3 Å². The number of hydrazone groups is 1. The number of amides is 2. The molecule has 1 aromatic rings. The van der Waals surface area contributed by atoms with Gasteiger partial charge in [0.05, 0.1) is 0 Å². The largest absolute Gasteiger partial charge is 0.355 e. The van der Waals surface area contributed by atoms with Gasteiger partial charge in [-0.3, -0.25) is 9.59 Å². The lowest BCUT2D eigenvalue weighted by Gasteiger charge is -2.15. The summed E-state index contributed by atoms with van der Waals surface area (Å²) < 4.78 is 0. The van der Waals surface area contributed by atoms with Gasteiger partial charge in [-0.2, -0.15) is 10.1 Å². The Morgan fingerprint density at radius 2 is 2.21 bits per heavy atom. The quantitative estimate of drug-likeness (QED) is 0.493. The molecule has 1 rings (SSSR count). The van der Waals surface area contributed by atoms with Crippen molar-refractivity contribution in [3.63, 3.8) is 0 Å². The molecule has 0 unspecified atom stereocenters. The Kier molecular flexibility index (Phi) is 5.69. The Balaban J connectivity index is 2.63. The van der Waals surface area contributed by atoms with E-state index in [4.69, 9.17) is 0 Å². The molecule has 2 amide bonds. The van der Waals surface area contributed by atoms with Crippen LogP contribution in [-0.4, -0.2) is 25.1 Å². The van der Waals surface area contributed by atoms with E-state index in [0.29, 0.717) is 17.5 Å². The summed E-state index contributed by atoms with van der Waals surface area (Å²) in [4.78, 5) is 23.6. The molecule has 0 bridgehead atoms. The minimum atomic E-state index is -0.373. The average molecular weight is 281 g/mol. The van der Waals surface area contributed by atoms with Crippen LogP contribution in [0.4, 0.5) is 5.00 Å². The first-order chi connectivity index (χ1) is 8.95. The standard InChI is InChI=1S/C13H19N3O2S/c1-9(2)8-15-11(17)7-12(18)16(14-4)13-10(3)5-6-19-13/h5-6,9H,4,7-8H2,1-3H3,(H,15,17). The number of hydrogen-bond donors (Lipinski definition) is 1. The highest BCUT2D eigenvalue weighted by Gasteiger charge is 2.20. The van der Waals surface area contributed by atoms with Gasteiger partial charge in [0.15, 0.2) is 0 Å². The molecule has 0 aliphatic carbocycles. The van der Waals surface area contributed by atoms with Crippen molar-refractivity contribution in [2.45, 2.75) is 27.2 Å². The molecule has 0 aromatic carbocycles. The molecule has 0 saturated heterocycles. The predicted octanol–water partition coefficient (Wildman–Crippen LogP) is 2.17. The maximum absolute atomic E-state index is 12.0. The predicted molar refractivity (Wildman–Crippen MR) is 78.6 cm³/mol. The molecule has 0 aliphatic heterocycles. The first kappa shape index (κ1) is 15.4. The monoisotopic (exact) mass is 281 g/mol. The molecule has 0 spiro atoms. The van der Waals surface area contributed by atoms with Crippen molar-refractivity contribution in [2.24, 2.45) is 11.0 Å². The molecule has 0 fully saturated rings. The van der Waals surface area contributed by atoms with Gasteiger partial charge < -0.3 is 5.32 Å². The van der Waals surface area contributed by atoms with Crippen LogP contribution in [-0.2, 0) is 9.59 Å². The summed E-state index contributed by atoms with van der Waals surface area (Å²) >= 11 is 1.40. The second kappa shape index (κ2) is 7.04. The zero-order chi connectivity index (χ0) is 14.4. The van der Waals surface area contributed by atoms with Crippen molar-refractivity contribution in [1.29, 1.82) is 0 Å². The fourth-order valence-electron chi connectivity index (χ4n) is 1.43. The number of anilines is 1. The van der Waals surface area contributed by atoms with Gasteiger partial charge in [-0.05, 0) is 29.9 Å². The summed E-state index contributed by atoms with van der Waals surface area (Å²) in [6.45, 7) is 9.83.